The molecule has 1 aromatic carbocycles. The quantitative estimate of drug-likeness (QED) is 0.789. The summed E-state index contributed by atoms with van der Waals surface area (Å²) in [5.41, 5.74) is 5.63. The van der Waals surface area contributed by atoms with Gasteiger partial charge in [0.05, 0.1) is 23.5 Å². The van der Waals surface area contributed by atoms with Crippen molar-refractivity contribution >= 4 is 11.7 Å². The van der Waals surface area contributed by atoms with Gasteiger partial charge in [0.2, 0.25) is 5.91 Å². The number of hydrogen-bond donors (Lipinski definition) is 1. The highest BCUT2D eigenvalue weighted by molar-refractivity contribution is 5.92. The van der Waals surface area contributed by atoms with E-state index in [1.54, 1.807) is 4.68 Å². The number of aryl methyl sites for hydroxylation is 5. The number of amides is 1. The highest BCUT2D eigenvalue weighted by atomic mass is 16.5. The number of anilines is 1. The first kappa shape index (κ1) is 17.0. The molecule has 3 aromatic rings. The van der Waals surface area contributed by atoms with Crippen molar-refractivity contribution in [3.05, 3.63) is 58.1 Å². The molecule has 0 unspecified atom stereocenters. The predicted molar refractivity (Wildman–Crippen MR) is 96.1 cm³/mol. The lowest BCUT2D eigenvalue weighted by molar-refractivity contribution is -0.115. The second kappa shape index (κ2) is 6.55. The summed E-state index contributed by atoms with van der Waals surface area (Å²) in [6.45, 7) is 9.64. The van der Waals surface area contributed by atoms with Gasteiger partial charge in [0, 0.05) is 11.6 Å². The number of nitrogens with one attached hydrogen (secondary N) is 1. The second-order valence-electron chi connectivity index (χ2n) is 6.46. The van der Waals surface area contributed by atoms with Crippen LogP contribution >= 0.6 is 0 Å². The third kappa shape index (κ3) is 3.63. The number of nitrogens with zero attached hydrogens (tertiary/aromatic N) is 3. The molecule has 6 heteroatoms. The Hall–Kier alpha value is -2.89. The summed E-state index contributed by atoms with van der Waals surface area (Å²) in [6.07, 6.45) is 0.220. The highest BCUT2D eigenvalue weighted by Crippen LogP contribution is 2.20. The summed E-state index contributed by atoms with van der Waals surface area (Å²) < 4.78 is 6.89. The molecule has 0 aliphatic carbocycles. The molecule has 130 valence electrons. The molecule has 2 aromatic heterocycles. The van der Waals surface area contributed by atoms with E-state index in [1.807, 2.05) is 52.8 Å². The normalized spacial score (nSPS) is 10.9. The average molecular weight is 338 g/mol. The van der Waals surface area contributed by atoms with Gasteiger partial charge in [-0.25, -0.2) is 4.68 Å². The lowest BCUT2D eigenvalue weighted by Gasteiger charge is -2.10. The van der Waals surface area contributed by atoms with Crippen LogP contribution in [0.2, 0.25) is 0 Å². The van der Waals surface area contributed by atoms with Crippen LogP contribution in [-0.2, 0) is 11.2 Å². The van der Waals surface area contributed by atoms with Crippen LogP contribution in [0.25, 0.3) is 5.69 Å². The molecule has 0 atom stereocenters. The number of aromatic nitrogens is 3. The lowest BCUT2D eigenvalue weighted by Crippen LogP contribution is -2.17. The van der Waals surface area contributed by atoms with Crippen LogP contribution in [0.1, 0.15) is 33.8 Å². The molecule has 0 saturated carbocycles. The molecule has 0 bridgehead atoms. The Morgan fingerprint density at radius 3 is 2.36 bits per heavy atom. The van der Waals surface area contributed by atoms with Gasteiger partial charge >= 0.3 is 0 Å². The third-order valence-corrected chi connectivity index (χ3v) is 4.07. The number of rotatable bonds is 4. The first-order valence-corrected chi connectivity index (χ1v) is 8.20. The van der Waals surface area contributed by atoms with E-state index in [9.17, 15) is 4.79 Å². The molecule has 0 aliphatic heterocycles. The van der Waals surface area contributed by atoms with Crippen molar-refractivity contribution in [3.63, 3.8) is 0 Å². The average Bonchev–Trinajstić information content (AvgIpc) is 3.03. The SMILES string of the molecule is Cc1cc(C)cc(-n2nc(C)cc2NC(=O)Cc2c(C)noc2C)c1. The molecule has 6 nitrogen and oxygen atoms in total. The minimum absolute atomic E-state index is 0.125. The zero-order valence-electron chi connectivity index (χ0n) is 15.2. The summed E-state index contributed by atoms with van der Waals surface area (Å²) in [5, 5.41) is 11.4. The maximum Gasteiger partial charge on any atom is 0.230 e. The number of benzene rings is 1. The van der Waals surface area contributed by atoms with Gasteiger partial charge in [-0.3, -0.25) is 4.79 Å². The van der Waals surface area contributed by atoms with Crippen LogP contribution in [0.15, 0.2) is 28.8 Å². The Morgan fingerprint density at radius 2 is 1.76 bits per heavy atom. The Morgan fingerprint density at radius 1 is 1.08 bits per heavy atom. The largest absolute Gasteiger partial charge is 0.361 e. The van der Waals surface area contributed by atoms with Crippen LogP contribution in [0, 0.1) is 34.6 Å². The van der Waals surface area contributed by atoms with Gasteiger partial charge < -0.3 is 9.84 Å². The first-order chi connectivity index (χ1) is 11.8. The smallest absolute Gasteiger partial charge is 0.230 e. The minimum Gasteiger partial charge on any atom is -0.361 e. The van der Waals surface area contributed by atoms with E-state index in [4.69, 9.17) is 4.52 Å². The van der Waals surface area contributed by atoms with Gasteiger partial charge in [0.15, 0.2) is 0 Å². The van der Waals surface area contributed by atoms with Gasteiger partial charge in [-0.05, 0) is 57.9 Å². The molecule has 0 aliphatic rings. The maximum atomic E-state index is 12.5. The van der Waals surface area contributed by atoms with E-state index in [1.165, 1.54) is 0 Å². The van der Waals surface area contributed by atoms with Crippen LogP contribution < -0.4 is 5.32 Å². The van der Waals surface area contributed by atoms with Crippen molar-refractivity contribution in [1.29, 1.82) is 0 Å². The van der Waals surface area contributed by atoms with Crippen molar-refractivity contribution in [2.45, 2.75) is 41.0 Å². The van der Waals surface area contributed by atoms with Gasteiger partial charge in [-0.1, -0.05) is 11.2 Å². The monoisotopic (exact) mass is 338 g/mol. The highest BCUT2D eigenvalue weighted by Gasteiger charge is 2.16. The zero-order chi connectivity index (χ0) is 18.1. The molecule has 0 radical (unpaired) electrons. The summed E-state index contributed by atoms with van der Waals surface area (Å²) in [7, 11) is 0. The molecule has 0 spiro atoms. The Bertz CT molecular complexity index is 897. The standard InChI is InChI=1S/C19H22N4O2/c1-11-6-12(2)8-16(7-11)23-18(9-13(3)21-23)20-19(24)10-17-14(4)22-25-15(17)5/h6-9H,10H2,1-5H3,(H,20,24). The fraction of sp³-hybridized carbons (Fsp3) is 0.316. The summed E-state index contributed by atoms with van der Waals surface area (Å²) in [5.74, 6) is 1.20. The molecular weight excluding hydrogens is 316 g/mol. The first-order valence-electron chi connectivity index (χ1n) is 8.20. The number of carbonyl (C=O) groups is 1. The predicted octanol–water partition coefficient (Wildman–Crippen LogP) is 3.58. The summed E-state index contributed by atoms with van der Waals surface area (Å²) in [4.78, 5) is 12.5. The minimum atomic E-state index is -0.125. The van der Waals surface area contributed by atoms with E-state index in [0.717, 1.165) is 33.8 Å². The van der Waals surface area contributed by atoms with Gasteiger partial charge in [0.25, 0.3) is 0 Å². The Kier molecular flexibility index (Phi) is 4.44. The van der Waals surface area contributed by atoms with Gasteiger partial charge in [0.1, 0.15) is 11.6 Å². The fourth-order valence-corrected chi connectivity index (χ4v) is 2.96. The molecule has 0 fully saturated rings. The van der Waals surface area contributed by atoms with E-state index >= 15 is 0 Å². The summed E-state index contributed by atoms with van der Waals surface area (Å²) >= 11 is 0. The van der Waals surface area contributed by atoms with Crippen molar-refractivity contribution in [1.82, 2.24) is 14.9 Å². The number of hydrogen-bond acceptors (Lipinski definition) is 4. The second-order valence-corrected chi connectivity index (χ2v) is 6.46. The third-order valence-electron chi connectivity index (χ3n) is 4.07. The molecule has 1 N–H and O–H groups in total. The zero-order valence-corrected chi connectivity index (χ0v) is 15.2. The molecule has 3 rings (SSSR count). The molecule has 1 amide bonds. The fourth-order valence-electron chi connectivity index (χ4n) is 2.96. The van der Waals surface area contributed by atoms with Crippen molar-refractivity contribution in [3.8, 4) is 5.69 Å². The van der Waals surface area contributed by atoms with E-state index in [-0.39, 0.29) is 12.3 Å². The van der Waals surface area contributed by atoms with Crippen molar-refractivity contribution < 1.29 is 9.32 Å². The summed E-state index contributed by atoms with van der Waals surface area (Å²) in [6, 6.07) is 8.06. The van der Waals surface area contributed by atoms with E-state index in [0.29, 0.717) is 11.6 Å². The van der Waals surface area contributed by atoms with Crippen molar-refractivity contribution in [2.24, 2.45) is 0 Å². The van der Waals surface area contributed by atoms with Crippen LogP contribution in [-0.4, -0.2) is 20.8 Å². The Labute approximate surface area is 146 Å². The maximum absolute atomic E-state index is 12.5. The van der Waals surface area contributed by atoms with Gasteiger partial charge in [-0.15, -0.1) is 0 Å². The molecule has 25 heavy (non-hydrogen) atoms. The van der Waals surface area contributed by atoms with E-state index < -0.39 is 0 Å². The molecule has 0 saturated heterocycles. The van der Waals surface area contributed by atoms with Crippen LogP contribution in [0.3, 0.4) is 0 Å². The number of carbonyl (C=O) groups excluding carboxylic acids is 1. The van der Waals surface area contributed by atoms with E-state index in [2.05, 4.69) is 21.6 Å². The Balaban J connectivity index is 1.87. The van der Waals surface area contributed by atoms with Crippen molar-refractivity contribution in [2.75, 3.05) is 5.32 Å². The van der Waals surface area contributed by atoms with Crippen LogP contribution in [0.5, 0.6) is 0 Å². The van der Waals surface area contributed by atoms with Gasteiger partial charge in [-0.2, -0.15) is 5.10 Å². The molecular formula is C19H22N4O2. The molecule has 2 heterocycles. The van der Waals surface area contributed by atoms with Crippen LogP contribution in [0.4, 0.5) is 5.82 Å². The lowest BCUT2D eigenvalue weighted by atomic mass is 10.1. The topological polar surface area (TPSA) is 73.0 Å².